The van der Waals surface area contributed by atoms with Gasteiger partial charge in [0.15, 0.2) is 0 Å². The molecule has 2 N–H and O–H groups in total. The Hall–Kier alpha value is -2.06. The number of aliphatic hydroxyl groups excluding tert-OH is 1. The topological polar surface area (TPSA) is 36.0 Å². The molecule has 1 aromatic heterocycles. The van der Waals surface area contributed by atoms with E-state index in [0.29, 0.717) is 0 Å². The van der Waals surface area contributed by atoms with Crippen LogP contribution in [0.25, 0.3) is 22.0 Å². The fraction of sp³-hybridized carbons (Fsp3) is 0.0667. The zero-order valence-electron chi connectivity index (χ0n) is 9.35. The fourth-order valence-corrected chi connectivity index (χ4v) is 2.04. The monoisotopic (exact) mass is 223 g/mol. The molecule has 0 saturated carbocycles. The van der Waals surface area contributed by atoms with Crippen LogP contribution in [0.5, 0.6) is 0 Å². The van der Waals surface area contributed by atoms with Gasteiger partial charge in [0.25, 0.3) is 0 Å². The molecule has 3 rings (SSSR count). The lowest BCUT2D eigenvalue weighted by Crippen LogP contribution is -1.83. The second-order valence-electron chi connectivity index (χ2n) is 4.13. The van der Waals surface area contributed by atoms with Gasteiger partial charge in [0, 0.05) is 11.7 Å². The molecule has 2 aromatic carbocycles. The zero-order valence-corrected chi connectivity index (χ0v) is 9.35. The van der Waals surface area contributed by atoms with Gasteiger partial charge in [0.1, 0.15) is 0 Å². The molecule has 84 valence electrons. The van der Waals surface area contributed by atoms with Crippen molar-refractivity contribution in [1.82, 2.24) is 4.98 Å². The Kier molecular flexibility index (Phi) is 2.42. The van der Waals surface area contributed by atoms with E-state index >= 15 is 0 Å². The van der Waals surface area contributed by atoms with Gasteiger partial charge in [-0.1, -0.05) is 30.3 Å². The molecule has 0 saturated heterocycles. The first-order chi connectivity index (χ1) is 8.36. The van der Waals surface area contributed by atoms with Crippen molar-refractivity contribution in [3.05, 3.63) is 60.3 Å². The second-order valence-corrected chi connectivity index (χ2v) is 4.13. The lowest BCUT2D eigenvalue weighted by Gasteiger charge is -2.03. The van der Waals surface area contributed by atoms with Gasteiger partial charge in [-0.25, -0.2) is 0 Å². The van der Waals surface area contributed by atoms with Gasteiger partial charge in [-0.2, -0.15) is 0 Å². The molecule has 2 nitrogen and oxygen atoms in total. The minimum absolute atomic E-state index is 0.0944. The van der Waals surface area contributed by atoms with Gasteiger partial charge >= 0.3 is 0 Å². The molecule has 0 aliphatic rings. The molecule has 0 aliphatic heterocycles. The molecule has 0 aliphatic carbocycles. The van der Waals surface area contributed by atoms with E-state index in [1.807, 2.05) is 30.5 Å². The van der Waals surface area contributed by atoms with Crippen LogP contribution in [0.1, 0.15) is 5.56 Å². The Balaban J connectivity index is 2.06. The van der Waals surface area contributed by atoms with Crippen molar-refractivity contribution in [3.63, 3.8) is 0 Å². The first-order valence-corrected chi connectivity index (χ1v) is 5.64. The number of benzene rings is 2. The lowest BCUT2D eigenvalue weighted by atomic mass is 10.0. The summed E-state index contributed by atoms with van der Waals surface area (Å²) in [5.74, 6) is 0. The first kappa shape index (κ1) is 10.1. The van der Waals surface area contributed by atoms with Crippen LogP contribution in [0.3, 0.4) is 0 Å². The Morgan fingerprint density at radius 3 is 2.41 bits per heavy atom. The van der Waals surface area contributed by atoms with Crippen LogP contribution in [0.2, 0.25) is 0 Å². The van der Waals surface area contributed by atoms with E-state index in [-0.39, 0.29) is 6.61 Å². The average Bonchev–Trinajstić information content (AvgIpc) is 2.86. The highest BCUT2D eigenvalue weighted by molar-refractivity contribution is 5.84. The molecule has 0 radical (unpaired) electrons. The molecular formula is C15H13NO. The number of H-pyrrole nitrogens is 1. The van der Waals surface area contributed by atoms with Gasteiger partial charge in [-0.15, -0.1) is 0 Å². The summed E-state index contributed by atoms with van der Waals surface area (Å²) in [4.78, 5) is 3.18. The van der Waals surface area contributed by atoms with Gasteiger partial charge in [0.2, 0.25) is 0 Å². The average molecular weight is 223 g/mol. The summed E-state index contributed by atoms with van der Waals surface area (Å²) in [5, 5.41) is 10.2. The van der Waals surface area contributed by atoms with Gasteiger partial charge < -0.3 is 10.1 Å². The quantitative estimate of drug-likeness (QED) is 0.686. The third-order valence-corrected chi connectivity index (χ3v) is 3.02. The first-order valence-electron chi connectivity index (χ1n) is 5.64. The summed E-state index contributed by atoms with van der Waals surface area (Å²) in [5.41, 5.74) is 4.46. The molecule has 2 heteroatoms. The smallest absolute Gasteiger partial charge is 0.0681 e. The molecule has 0 fully saturated rings. The van der Waals surface area contributed by atoms with Crippen LogP contribution in [-0.4, -0.2) is 10.1 Å². The summed E-state index contributed by atoms with van der Waals surface area (Å²) >= 11 is 0. The van der Waals surface area contributed by atoms with E-state index in [1.54, 1.807) is 0 Å². The Morgan fingerprint density at radius 1 is 0.882 bits per heavy atom. The van der Waals surface area contributed by atoms with Gasteiger partial charge in [-0.3, -0.25) is 0 Å². The molecule has 0 spiro atoms. The van der Waals surface area contributed by atoms with Crippen LogP contribution in [-0.2, 0) is 6.61 Å². The third kappa shape index (κ3) is 1.83. The van der Waals surface area contributed by atoms with E-state index in [1.165, 1.54) is 16.5 Å². The molecule has 0 unspecified atom stereocenters. The fourth-order valence-electron chi connectivity index (χ4n) is 2.04. The summed E-state index contributed by atoms with van der Waals surface area (Å²) in [7, 11) is 0. The van der Waals surface area contributed by atoms with Gasteiger partial charge in [-0.05, 0) is 40.3 Å². The van der Waals surface area contributed by atoms with Crippen LogP contribution >= 0.6 is 0 Å². The highest BCUT2D eigenvalue weighted by atomic mass is 16.3. The van der Waals surface area contributed by atoms with Crippen molar-refractivity contribution in [3.8, 4) is 11.1 Å². The number of aliphatic hydroxyl groups is 1. The Bertz CT molecular complexity index is 637. The van der Waals surface area contributed by atoms with Gasteiger partial charge in [0.05, 0.1) is 6.61 Å². The number of aromatic nitrogens is 1. The van der Waals surface area contributed by atoms with Crippen molar-refractivity contribution in [2.75, 3.05) is 0 Å². The maximum Gasteiger partial charge on any atom is 0.0681 e. The Morgan fingerprint density at radius 2 is 1.65 bits per heavy atom. The van der Waals surface area contributed by atoms with Crippen molar-refractivity contribution >= 4 is 10.9 Å². The minimum atomic E-state index is 0.0944. The van der Waals surface area contributed by atoms with Crippen molar-refractivity contribution in [2.45, 2.75) is 6.61 Å². The highest BCUT2D eigenvalue weighted by Gasteiger charge is 2.00. The van der Waals surface area contributed by atoms with E-state index < -0.39 is 0 Å². The second kappa shape index (κ2) is 4.07. The number of nitrogens with one attached hydrogen (secondary N) is 1. The minimum Gasteiger partial charge on any atom is -0.392 e. The molecule has 3 aromatic rings. The predicted molar refractivity (Wildman–Crippen MR) is 69.7 cm³/mol. The molecular weight excluding hydrogens is 210 g/mol. The summed E-state index contributed by atoms with van der Waals surface area (Å²) < 4.78 is 0. The van der Waals surface area contributed by atoms with E-state index in [2.05, 4.69) is 29.2 Å². The van der Waals surface area contributed by atoms with Crippen molar-refractivity contribution in [1.29, 1.82) is 0 Å². The number of fused-ring (bicyclic) bond motifs is 1. The van der Waals surface area contributed by atoms with E-state index in [0.717, 1.165) is 11.1 Å². The normalized spacial score (nSPS) is 10.9. The molecule has 1 heterocycles. The summed E-state index contributed by atoms with van der Waals surface area (Å²) in [6, 6.07) is 16.4. The predicted octanol–water partition coefficient (Wildman–Crippen LogP) is 3.33. The Labute approximate surface area is 99.5 Å². The lowest BCUT2D eigenvalue weighted by molar-refractivity contribution is 0.282. The van der Waals surface area contributed by atoms with E-state index in [9.17, 15) is 0 Å². The largest absolute Gasteiger partial charge is 0.392 e. The number of hydrogen-bond donors (Lipinski definition) is 2. The highest BCUT2D eigenvalue weighted by Crippen LogP contribution is 2.24. The van der Waals surface area contributed by atoms with Crippen LogP contribution in [0.15, 0.2) is 54.7 Å². The summed E-state index contributed by atoms with van der Waals surface area (Å²) in [6.45, 7) is 0.0944. The van der Waals surface area contributed by atoms with Crippen LogP contribution in [0, 0.1) is 0 Å². The number of aromatic amines is 1. The number of rotatable bonds is 2. The van der Waals surface area contributed by atoms with Crippen molar-refractivity contribution < 1.29 is 5.11 Å². The van der Waals surface area contributed by atoms with Crippen molar-refractivity contribution in [2.24, 2.45) is 0 Å². The number of hydrogen-bond acceptors (Lipinski definition) is 1. The molecule has 0 atom stereocenters. The SMILES string of the molecule is OCc1ccc(-c2ccc3[nH]ccc3c2)cc1. The zero-order chi connectivity index (χ0) is 11.7. The molecule has 0 bridgehead atoms. The molecule has 17 heavy (non-hydrogen) atoms. The maximum absolute atomic E-state index is 9.01. The maximum atomic E-state index is 9.01. The summed E-state index contributed by atoms with van der Waals surface area (Å²) in [6.07, 6.45) is 1.95. The molecule has 0 amide bonds. The van der Waals surface area contributed by atoms with E-state index in [4.69, 9.17) is 5.11 Å². The standard InChI is InChI=1S/C15H13NO/c17-10-11-1-3-12(4-2-11)13-5-6-15-14(9-13)7-8-16-15/h1-9,16-17H,10H2. The van der Waals surface area contributed by atoms with Crippen LogP contribution < -0.4 is 0 Å². The van der Waals surface area contributed by atoms with Crippen LogP contribution in [0.4, 0.5) is 0 Å². The third-order valence-electron chi connectivity index (χ3n) is 3.02.